The van der Waals surface area contributed by atoms with Crippen molar-refractivity contribution in [1.82, 2.24) is 4.40 Å². The summed E-state index contributed by atoms with van der Waals surface area (Å²) >= 11 is 0. The minimum atomic E-state index is 0.102. The van der Waals surface area contributed by atoms with Crippen molar-refractivity contribution in [3.8, 4) is 0 Å². The van der Waals surface area contributed by atoms with Gasteiger partial charge in [-0.3, -0.25) is 4.79 Å². The minimum absolute atomic E-state index is 0.102. The zero-order valence-electron chi connectivity index (χ0n) is 6.82. The van der Waals surface area contributed by atoms with Crippen LogP contribution in [0.15, 0.2) is 36.7 Å². The quantitative estimate of drug-likeness (QED) is 0.584. The molecule has 60 valence electrons. The minimum Gasteiger partial charge on any atom is -0.323 e. The maximum absolute atomic E-state index is 11.0. The van der Waals surface area contributed by atoms with Crippen LogP contribution in [0.5, 0.6) is 0 Å². The molecule has 0 spiro atoms. The molecule has 0 unspecified atom stereocenters. The predicted octanol–water partition coefficient (Wildman–Crippen LogP) is 2.14. The van der Waals surface area contributed by atoms with E-state index in [9.17, 15) is 4.79 Å². The highest BCUT2D eigenvalue weighted by Gasteiger charge is 1.98. The van der Waals surface area contributed by atoms with E-state index in [-0.39, 0.29) is 5.78 Å². The third-order valence-electron chi connectivity index (χ3n) is 1.93. The smallest absolute Gasteiger partial charge is 0.161 e. The zero-order chi connectivity index (χ0) is 8.55. The normalized spacial score (nSPS) is 10.4. The van der Waals surface area contributed by atoms with Gasteiger partial charge >= 0.3 is 0 Å². The molecule has 0 fully saturated rings. The summed E-state index contributed by atoms with van der Waals surface area (Å²) in [7, 11) is 0. The van der Waals surface area contributed by atoms with Crippen molar-refractivity contribution in [2.45, 2.75) is 6.92 Å². The molecule has 2 heteroatoms. The van der Waals surface area contributed by atoms with Crippen LogP contribution in [0, 0.1) is 0 Å². The number of pyridine rings is 1. The Morgan fingerprint density at radius 3 is 2.92 bits per heavy atom. The Morgan fingerprint density at radius 2 is 2.17 bits per heavy atom. The van der Waals surface area contributed by atoms with E-state index in [4.69, 9.17) is 0 Å². The zero-order valence-corrected chi connectivity index (χ0v) is 6.82. The maximum atomic E-state index is 11.0. The fourth-order valence-corrected chi connectivity index (χ4v) is 1.24. The molecule has 0 aliphatic carbocycles. The SMILES string of the molecule is CC(=O)c1ccc2cccn2c1. The molecule has 0 aliphatic heterocycles. The van der Waals surface area contributed by atoms with Crippen LogP contribution in [0.4, 0.5) is 0 Å². The summed E-state index contributed by atoms with van der Waals surface area (Å²) in [4.78, 5) is 11.0. The lowest BCUT2D eigenvalue weighted by atomic mass is 10.2. The van der Waals surface area contributed by atoms with Crippen molar-refractivity contribution >= 4 is 11.3 Å². The summed E-state index contributed by atoms with van der Waals surface area (Å²) in [6.07, 6.45) is 3.78. The van der Waals surface area contributed by atoms with E-state index in [0.29, 0.717) is 0 Å². The van der Waals surface area contributed by atoms with Gasteiger partial charge in [-0.1, -0.05) is 0 Å². The third kappa shape index (κ3) is 1.01. The topological polar surface area (TPSA) is 21.5 Å². The van der Waals surface area contributed by atoms with Crippen LogP contribution in [0.3, 0.4) is 0 Å². The molecule has 2 heterocycles. The van der Waals surface area contributed by atoms with Gasteiger partial charge in [0, 0.05) is 23.5 Å². The van der Waals surface area contributed by atoms with Crippen LogP contribution in [-0.4, -0.2) is 10.2 Å². The van der Waals surface area contributed by atoms with Gasteiger partial charge in [-0.25, -0.2) is 0 Å². The van der Waals surface area contributed by atoms with Gasteiger partial charge in [0.25, 0.3) is 0 Å². The molecule has 0 atom stereocenters. The number of carbonyl (C=O) groups is 1. The number of hydrogen-bond donors (Lipinski definition) is 0. The Hall–Kier alpha value is -1.57. The lowest BCUT2D eigenvalue weighted by molar-refractivity contribution is 0.101. The fourth-order valence-electron chi connectivity index (χ4n) is 1.24. The van der Waals surface area contributed by atoms with Crippen molar-refractivity contribution < 1.29 is 4.79 Å². The number of rotatable bonds is 1. The Balaban J connectivity index is 2.68. The molecule has 2 nitrogen and oxygen atoms in total. The van der Waals surface area contributed by atoms with E-state index >= 15 is 0 Å². The molecule has 0 aromatic carbocycles. The third-order valence-corrected chi connectivity index (χ3v) is 1.93. The molecular formula is C10H9NO. The molecule has 0 bridgehead atoms. The summed E-state index contributed by atoms with van der Waals surface area (Å²) in [5, 5.41) is 0. The largest absolute Gasteiger partial charge is 0.323 e. The maximum Gasteiger partial charge on any atom is 0.161 e. The monoisotopic (exact) mass is 159 g/mol. The van der Waals surface area contributed by atoms with Crippen molar-refractivity contribution in [1.29, 1.82) is 0 Å². The number of ketones is 1. The highest BCUT2D eigenvalue weighted by molar-refractivity contribution is 5.94. The van der Waals surface area contributed by atoms with Crippen molar-refractivity contribution in [2.75, 3.05) is 0 Å². The summed E-state index contributed by atoms with van der Waals surface area (Å²) in [5.41, 5.74) is 1.86. The standard InChI is InChI=1S/C10H9NO/c1-8(12)9-4-5-10-3-2-6-11(10)7-9/h2-7H,1H3. The highest BCUT2D eigenvalue weighted by atomic mass is 16.1. The lowest BCUT2D eigenvalue weighted by Crippen LogP contribution is -1.94. The molecule has 0 radical (unpaired) electrons. The van der Waals surface area contributed by atoms with E-state index < -0.39 is 0 Å². The second-order valence-electron chi connectivity index (χ2n) is 2.81. The van der Waals surface area contributed by atoms with E-state index in [1.807, 2.05) is 41.1 Å². The van der Waals surface area contributed by atoms with Crippen LogP contribution in [-0.2, 0) is 0 Å². The van der Waals surface area contributed by atoms with Gasteiger partial charge in [0.15, 0.2) is 5.78 Å². The van der Waals surface area contributed by atoms with Crippen molar-refractivity contribution in [3.63, 3.8) is 0 Å². The Kier molecular flexibility index (Phi) is 1.47. The van der Waals surface area contributed by atoms with E-state index in [1.165, 1.54) is 0 Å². The van der Waals surface area contributed by atoms with Gasteiger partial charge in [0.05, 0.1) is 0 Å². The van der Waals surface area contributed by atoms with Gasteiger partial charge in [-0.05, 0) is 31.2 Å². The first-order valence-corrected chi connectivity index (χ1v) is 3.85. The summed E-state index contributed by atoms with van der Waals surface area (Å²) in [6, 6.07) is 7.75. The highest BCUT2D eigenvalue weighted by Crippen LogP contribution is 2.07. The molecule has 2 rings (SSSR count). The van der Waals surface area contributed by atoms with Gasteiger partial charge < -0.3 is 4.40 Å². The number of hydrogen-bond acceptors (Lipinski definition) is 1. The van der Waals surface area contributed by atoms with Gasteiger partial charge in [0.1, 0.15) is 0 Å². The van der Waals surface area contributed by atoms with Crippen LogP contribution in [0.2, 0.25) is 0 Å². The summed E-state index contributed by atoms with van der Waals surface area (Å²) in [5.74, 6) is 0.102. The van der Waals surface area contributed by atoms with Gasteiger partial charge in [0.2, 0.25) is 0 Å². The predicted molar refractivity (Wildman–Crippen MR) is 47.4 cm³/mol. The molecule has 0 amide bonds. The molecule has 2 aromatic heterocycles. The van der Waals surface area contributed by atoms with Gasteiger partial charge in [-0.15, -0.1) is 0 Å². The Bertz CT molecular complexity index is 428. The summed E-state index contributed by atoms with van der Waals surface area (Å²) < 4.78 is 1.94. The molecular weight excluding hydrogens is 150 g/mol. The number of Topliss-reactive ketones (excluding diaryl/α,β-unsaturated/α-hetero) is 1. The van der Waals surface area contributed by atoms with Crippen LogP contribution < -0.4 is 0 Å². The Labute approximate surface area is 70.4 Å². The van der Waals surface area contributed by atoms with Gasteiger partial charge in [-0.2, -0.15) is 0 Å². The fraction of sp³-hybridized carbons (Fsp3) is 0.100. The van der Waals surface area contributed by atoms with Crippen LogP contribution >= 0.6 is 0 Å². The molecule has 0 N–H and O–H groups in total. The number of carbonyl (C=O) groups excluding carboxylic acids is 1. The average molecular weight is 159 g/mol. The second-order valence-corrected chi connectivity index (χ2v) is 2.81. The average Bonchev–Trinajstić information content (AvgIpc) is 2.49. The molecule has 12 heavy (non-hydrogen) atoms. The van der Waals surface area contributed by atoms with Crippen molar-refractivity contribution in [3.05, 3.63) is 42.2 Å². The number of nitrogens with zero attached hydrogens (tertiary/aromatic N) is 1. The van der Waals surface area contributed by atoms with E-state index in [0.717, 1.165) is 11.1 Å². The number of aromatic nitrogens is 1. The number of fused-ring (bicyclic) bond motifs is 1. The lowest BCUT2D eigenvalue weighted by Gasteiger charge is -1.97. The second kappa shape index (κ2) is 2.48. The van der Waals surface area contributed by atoms with Crippen LogP contribution in [0.1, 0.15) is 17.3 Å². The molecule has 2 aromatic rings. The first kappa shape index (κ1) is 7.10. The molecule has 0 aliphatic rings. The first-order chi connectivity index (χ1) is 5.77. The molecule has 0 saturated carbocycles. The van der Waals surface area contributed by atoms with E-state index in [1.54, 1.807) is 6.92 Å². The van der Waals surface area contributed by atoms with Crippen LogP contribution in [0.25, 0.3) is 5.52 Å². The summed E-state index contributed by atoms with van der Waals surface area (Å²) in [6.45, 7) is 1.57. The van der Waals surface area contributed by atoms with E-state index in [2.05, 4.69) is 0 Å². The van der Waals surface area contributed by atoms with Crippen molar-refractivity contribution in [2.24, 2.45) is 0 Å². The molecule has 0 saturated heterocycles. The first-order valence-electron chi connectivity index (χ1n) is 3.85. The Morgan fingerprint density at radius 1 is 1.33 bits per heavy atom.